The van der Waals surface area contributed by atoms with Crippen LogP contribution in [0, 0.1) is 0 Å². The first-order valence-electron chi connectivity index (χ1n) is 4.49. The lowest BCUT2D eigenvalue weighted by Crippen LogP contribution is -2.66. The molecule has 80 valence electrons. The quantitative estimate of drug-likeness (QED) is 0.506. The lowest BCUT2D eigenvalue weighted by atomic mass is 10.2. The van der Waals surface area contributed by atoms with Crippen molar-refractivity contribution in [1.29, 1.82) is 0 Å². The summed E-state index contributed by atoms with van der Waals surface area (Å²) in [4.78, 5) is 13.2. The second-order valence-electron chi connectivity index (χ2n) is 2.85. The van der Waals surface area contributed by atoms with Gasteiger partial charge in [-0.2, -0.15) is 0 Å². The van der Waals surface area contributed by atoms with Crippen LogP contribution in [0.3, 0.4) is 0 Å². The number of aromatic carboxylic acids is 1. The number of carboxylic acids is 1. The molecule has 0 saturated carbocycles. The molecule has 0 unspecified atom stereocenters. The van der Waals surface area contributed by atoms with Crippen LogP contribution in [0.2, 0.25) is 0 Å². The minimum atomic E-state index is -1.18. The van der Waals surface area contributed by atoms with Crippen molar-refractivity contribution in [2.24, 2.45) is 0 Å². The van der Waals surface area contributed by atoms with E-state index in [9.17, 15) is 9.90 Å². The topological polar surface area (TPSA) is 86.4 Å². The Morgan fingerprint density at radius 1 is 1.47 bits per heavy atom. The van der Waals surface area contributed by atoms with E-state index in [1.807, 2.05) is 6.34 Å². The van der Waals surface area contributed by atoms with Crippen molar-refractivity contribution in [1.82, 2.24) is 5.32 Å². The van der Waals surface area contributed by atoms with Crippen molar-refractivity contribution in [2.75, 3.05) is 13.1 Å². The zero-order valence-electron chi connectivity index (χ0n) is 8.06. The van der Waals surface area contributed by atoms with Crippen molar-refractivity contribution < 1.29 is 20.0 Å². The van der Waals surface area contributed by atoms with E-state index < -0.39 is 11.7 Å². The predicted octanol–water partition coefficient (Wildman–Crippen LogP) is -1.84. The van der Waals surface area contributed by atoms with E-state index in [1.54, 1.807) is 0 Å². The highest BCUT2D eigenvalue weighted by Crippen LogP contribution is 2.10. The summed E-state index contributed by atoms with van der Waals surface area (Å²) in [7, 11) is 0. The number of para-hydroxylation sites is 1. The summed E-state index contributed by atoms with van der Waals surface area (Å²) >= 11 is 0. The van der Waals surface area contributed by atoms with Crippen molar-refractivity contribution in [2.45, 2.75) is 0 Å². The number of hydrogen-bond acceptors (Lipinski definition) is 3. The van der Waals surface area contributed by atoms with E-state index in [0.29, 0.717) is 0 Å². The zero-order chi connectivity index (χ0) is 11.1. The van der Waals surface area contributed by atoms with Crippen molar-refractivity contribution >= 4 is 12.3 Å². The number of carbonyl (C=O) groups is 1. The molecule has 1 aliphatic heterocycles. The average molecular weight is 208 g/mol. The molecule has 0 saturated heterocycles. The SMILES string of the molecule is C1=[NH+]CCN1.O=C(O)c1ccccc1[O-]. The Labute approximate surface area is 87.1 Å². The molecule has 0 radical (unpaired) electrons. The molecule has 0 bridgehead atoms. The molecule has 1 aromatic carbocycles. The molecular weight excluding hydrogens is 196 g/mol. The predicted molar refractivity (Wildman–Crippen MR) is 52.7 cm³/mol. The maximum absolute atomic E-state index is 10.7. The van der Waals surface area contributed by atoms with Gasteiger partial charge < -0.3 is 10.2 Å². The molecule has 0 amide bonds. The summed E-state index contributed by atoms with van der Waals surface area (Å²) in [5, 5.41) is 22.0. The van der Waals surface area contributed by atoms with Gasteiger partial charge in [0, 0.05) is 0 Å². The van der Waals surface area contributed by atoms with E-state index in [-0.39, 0.29) is 5.56 Å². The Balaban J connectivity index is 0.000000187. The Morgan fingerprint density at radius 3 is 2.53 bits per heavy atom. The molecule has 3 N–H and O–H groups in total. The van der Waals surface area contributed by atoms with Crippen LogP contribution in [-0.2, 0) is 0 Å². The summed E-state index contributed by atoms with van der Waals surface area (Å²) in [6, 6.07) is 5.54. The molecule has 15 heavy (non-hydrogen) atoms. The number of rotatable bonds is 1. The van der Waals surface area contributed by atoms with Crippen molar-refractivity contribution in [3.63, 3.8) is 0 Å². The summed E-state index contributed by atoms with van der Waals surface area (Å²) in [5.41, 5.74) is -0.178. The molecule has 0 aromatic heterocycles. The third kappa shape index (κ3) is 3.68. The summed E-state index contributed by atoms with van der Waals surface area (Å²) < 4.78 is 0. The highest BCUT2D eigenvalue weighted by molar-refractivity contribution is 5.90. The minimum absolute atomic E-state index is 0.178. The highest BCUT2D eigenvalue weighted by atomic mass is 16.4. The Bertz CT molecular complexity index is 357. The number of hydrogen-bond donors (Lipinski definition) is 3. The van der Waals surface area contributed by atoms with Gasteiger partial charge in [-0.05, 0) is 6.07 Å². The molecule has 1 aromatic rings. The van der Waals surface area contributed by atoms with Crippen molar-refractivity contribution in [3.05, 3.63) is 29.8 Å². The van der Waals surface area contributed by atoms with Crippen LogP contribution in [0.5, 0.6) is 5.75 Å². The van der Waals surface area contributed by atoms with Gasteiger partial charge in [0.2, 0.25) is 6.34 Å². The van der Waals surface area contributed by atoms with Crippen LogP contribution < -0.4 is 15.4 Å². The second-order valence-corrected chi connectivity index (χ2v) is 2.85. The number of nitrogens with one attached hydrogen (secondary N) is 2. The van der Waals surface area contributed by atoms with Gasteiger partial charge in [0.25, 0.3) is 0 Å². The molecule has 1 aliphatic rings. The van der Waals surface area contributed by atoms with E-state index in [2.05, 4.69) is 10.3 Å². The fourth-order valence-corrected chi connectivity index (χ4v) is 1.00. The smallest absolute Gasteiger partial charge is 0.335 e. The molecule has 2 rings (SSSR count). The normalized spacial score (nSPS) is 12.5. The third-order valence-corrected chi connectivity index (χ3v) is 1.74. The van der Waals surface area contributed by atoms with Gasteiger partial charge in [0.1, 0.15) is 13.1 Å². The van der Waals surface area contributed by atoms with Crippen LogP contribution in [-0.4, -0.2) is 30.5 Å². The minimum Gasteiger partial charge on any atom is -0.872 e. The third-order valence-electron chi connectivity index (χ3n) is 1.74. The summed E-state index contributed by atoms with van der Waals surface area (Å²) in [5.74, 6) is -1.62. The first kappa shape index (κ1) is 11.0. The van der Waals surface area contributed by atoms with Crippen LogP contribution >= 0.6 is 0 Å². The highest BCUT2D eigenvalue weighted by Gasteiger charge is 1.99. The maximum Gasteiger partial charge on any atom is 0.335 e. The summed E-state index contributed by atoms with van der Waals surface area (Å²) in [6.07, 6.45) is 1.86. The molecule has 0 atom stereocenters. The summed E-state index contributed by atoms with van der Waals surface area (Å²) in [6.45, 7) is 2.17. The first-order chi connectivity index (χ1) is 7.22. The van der Waals surface area contributed by atoms with Gasteiger partial charge in [0.15, 0.2) is 0 Å². The van der Waals surface area contributed by atoms with E-state index in [0.717, 1.165) is 13.1 Å². The zero-order valence-corrected chi connectivity index (χ0v) is 8.06. The monoisotopic (exact) mass is 208 g/mol. The molecule has 1 heterocycles. The first-order valence-corrected chi connectivity index (χ1v) is 4.49. The lowest BCUT2D eigenvalue weighted by Gasteiger charge is -2.07. The molecular formula is C10H12N2O3. The van der Waals surface area contributed by atoms with E-state index >= 15 is 0 Å². The van der Waals surface area contributed by atoms with Gasteiger partial charge in [-0.1, -0.05) is 23.9 Å². The largest absolute Gasteiger partial charge is 0.872 e. The second kappa shape index (κ2) is 5.64. The van der Waals surface area contributed by atoms with Crippen molar-refractivity contribution in [3.8, 4) is 5.75 Å². The molecule has 0 fully saturated rings. The molecule has 0 aliphatic carbocycles. The number of benzene rings is 1. The van der Waals surface area contributed by atoms with Gasteiger partial charge in [-0.3, -0.25) is 10.3 Å². The average Bonchev–Trinajstić information content (AvgIpc) is 2.75. The van der Waals surface area contributed by atoms with Gasteiger partial charge in [-0.25, -0.2) is 4.79 Å². The fourth-order valence-electron chi connectivity index (χ4n) is 1.00. The van der Waals surface area contributed by atoms with E-state index in [1.165, 1.54) is 24.3 Å². The van der Waals surface area contributed by atoms with Crippen LogP contribution in [0.4, 0.5) is 0 Å². The fraction of sp³-hybridized carbons (Fsp3) is 0.200. The maximum atomic E-state index is 10.7. The number of carboxylic acid groups (broad SMARTS) is 1. The lowest BCUT2D eigenvalue weighted by molar-refractivity contribution is -0.439. The Hall–Kier alpha value is -2.04. The van der Waals surface area contributed by atoms with Gasteiger partial charge >= 0.3 is 5.97 Å². The van der Waals surface area contributed by atoms with Gasteiger partial charge in [-0.15, -0.1) is 0 Å². The Kier molecular flexibility index (Phi) is 4.15. The van der Waals surface area contributed by atoms with Crippen LogP contribution in [0.25, 0.3) is 0 Å². The molecule has 0 spiro atoms. The van der Waals surface area contributed by atoms with Gasteiger partial charge in [0.05, 0.1) is 5.56 Å². The Morgan fingerprint density at radius 2 is 2.20 bits per heavy atom. The molecule has 5 heteroatoms. The van der Waals surface area contributed by atoms with Crippen LogP contribution in [0.1, 0.15) is 10.4 Å². The van der Waals surface area contributed by atoms with Crippen LogP contribution in [0.15, 0.2) is 24.3 Å². The molecule has 5 nitrogen and oxygen atoms in total. The van der Waals surface area contributed by atoms with E-state index in [4.69, 9.17) is 5.11 Å². The standard InChI is InChI=1S/C7H6O3.C3H6N2/c8-6-4-2-1-3-5(6)7(9)10;1-2-5-3-4-1/h1-4,8H,(H,9,10);3H,1-2H2,(H,4,5).